The summed E-state index contributed by atoms with van der Waals surface area (Å²) >= 11 is 0. The number of aromatic nitrogens is 2. The van der Waals surface area contributed by atoms with Crippen molar-refractivity contribution < 1.29 is 14.2 Å². The third kappa shape index (κ3) is 3.45. The summed E-state index contributed by atoms with van der Waals surface area (Å²) in [7, 11) is 4.91. The molecule has 3 rings (SSSR count). The molecule has 2 aromatic carbocycles. The minimum Gasteiger partial charge on any atom is -0.493 e. The summed E-state index contributed by atoms with van der Waals surface area (Å²) in [5.41, 5.74) is 3.22. The van der Waals surface area contributed by atoms with Crippen LogP contribution in [0.5, 0.6) is 17.2 Å². The minimum absolute atomic E-state index is 0.602. The number of ether oxygens (including phenoxy) is 3. The lowest BCUT2D eigenvalue weighted by molar-refractivity contribution is 0.324. The largest absolute Gasteiger partial charge is 0.493 e. The van der Waals surface area contributed by atoms with Gasteiger partial charge in [-0.1, -0.05) is 30.3 Å². The van der Waals surface area contributed by atoms with Gasteiger partial charge in [-0.2, -0.15) is 0 Å². The first kappa shape index (κ1) is 16.9. The van der Waals surface area contributed by atoms with Crippen LogP contribution >= 0.6 is 0 Å². The Bertz CT molecular complexity index is 815. The zero-order valence-electron chi connectivity index (χ0n) is 14.7. The number of hydrogen-bond donors (Lipinski definition) is 1. The highest BCUT2D eigenvalue weighted by molar-refractivity contribution is 5.79. The summed E-state index contributed by atoms with van der Waals surface area (Å²) in [6, 6.07) is 12.2. The van der Waals surface area contributed by atoms with Crippen LogP contribution in [0.15, 0.2) is 48.8 Å². The predicted molar refractivity (Wildman–Crippen MR) is 97.5 cm³/mol. The van der Waals surface area contributed by atoms with Crippen molar-refractivity contribution in [2.24, 2.45) is 0 Å². The normalized spacial score (nSPS) is 10.5. The molecule has 5 heteroatoms. The first-order valence-corrected chi connectivity index (χ1v) is 8.14. The van der Waals surface area contributed by atoms with E-state index in [1.807, 2.05) is 30.5 Å². The topological polar surface area (TPSA) is 56.4 Å². The van der Waals surface area contributed by atoms with Gasteiger partial charge < -0.3 is 19.2 Å². The van der Waals surface area contributed by atoms with Crippen molar-refractivity contribution in [1.29, 1.82) is 0 Å². The van der Waals surface area contributed by atoms with Gasteiger partial charge in [0.15, 0.2) is 11.5 Å². The van der Waals surface area contributed by atoms with Crippen LogP contribution in [0.25, 0.3) is 11.1 Å². The van der Waals surface area contributed by atoms with Crippen LogP contribution in [-0.2, 0) is 12.8 Å². The maximum absolute atomic E-state index is 5.71. The molecule has 0 aliphatic carbocycles. The van der Waals surface area contributed by atoms with Gasteiger partial charge in [-0.05, 0) is 23.6 Å². The second-order valence-electron chi connectivity index (χ2n) is 5.58. The smallest absolute Gasteiger partial charge is 0.203 e. The van der Waals surface area contributed by atoms with E-state index in [1.165, 1.54) is 0 Å². The van der Waals surface area contributed by atoms with Crippen LogP contribution in [0.1, 0.15) is 11.4 Å². The minimum atomic E-state index is 0.602. The number of aromatic amines is 1. The van der Waals surface area contributed by atoms with Gasteiger partial charge in [0.05, 0.1) is 21.3 Å². The maximum atomic E-state index is 5.71. The zero-order valence-corrected chi connectivity index (χ0v) is 14.7. The first-order valence-electron chi connectivity index (χ1n) is 8.14. The molecule has 0 atom stereocenters. The standard InChI is InChI=1S/C20H22N2O3/c1-23-16-13-15(9-10-17-21-11-12-22-17)18(14-7-5-4-6-8-14)20(25-3)19(16)24-2/h4-8,11-13H,9-10H2,1-3H3,(H,21,22). The third-order valence-electron chi connectivity index (χ3n) is 4.16. The average Bonchev–Trinajstić information content (AvgIpc) is 3.19. The van der Waals surface area contributed by atoms with Crippen molar-refractivity contribution in [2.75, 3.05) is 21.3 Å². The lowest BCUT2D eigenvalue weighted by Gasteiger charge is -2.20. The second-order valence-corrected chi connectivity index (χ2v) is 5.58. The molecule has 0 saturated carbocycles. The SMILES string of the molecule is COc1cc(CCc2ncc[nH]2)c(-c2ccccc2)c(OC)c1OC. The molecule has 0 aliphatic rings. The molecule has 0 fully saturated rings. The van der Waals surface area contributed by atoms with Crippen LogP contribution in [0.4, 0.5) is 0 Å². The Kier molecular flexibility index (Phi) is 5.23. The van der Waals surface area contributed by atoms with Crippen LogP contribution in [0, 0.1) is 0 Å². The molecular weight excluding hydrogens is 316 g/mol. The summed E-state index contributed by atoms with van der Waals surface area (Å²) < 4.78 is 16.8. The fourth-order valence-corrected chi connectivity index (χ4v) is 3.01. The van der Waals surface area contributed by atoms with Gasteiger partial charge in [-0.3, -0.25) is 0 Å². The number of H-pyrrole nitrogens is 1. The average molecular weight is 338 g/mol. The number of nitrogens with one attached hydrogen (secondary N) is 1. The van der Waals surface area contributed by atoms with E-state index in [1.54, 1.807) is 27.5 Å². The van der Waals surface area contributed by atoms with Gasteiger partial charge in [0.2, 0.25) is 5.75 Å². The number of imidazole rings is 1. The Hall–Kier alpha value is -2.95. The Labute approximate surface area is 147 Å². The monoisotopic (exact) mass is 338 g/mol. The lowest BCUT2D eigenvalue weighted by Crippen LogP contribution is -2.03. The van der Waals surface area contributed by atoms with E-state index in [-0.39, 0.29) is 0 Å². The van der Waals surface area contributed by atoms with E-state index in [0.29, 0.717) is 17.2 Å². The molecule has 0 aliphatic heterocycles. The number of nitrogens with zero attached hydrogens (tertiary/aromatic N) is 1. The highest BCUT2D eigenvalue weighted by Crippen LogP contribution is 2.46. The molecule has 0 amide bonds. The molecule has 0 saturated heterocycles. The Morgan fingerprint density at radius 1 is 0.920 bits per heavy atom. The number of rotatable bonds is 7. The van der Waals surface area contributed by atoms with Gasteiger partial charge in [-0.15, -0.1) is 0 Å². The third-order valence-corrected chi connectivity index (χ3v) is 4.16. The molecule has 1 heterocycles. The van der Waals surface area contributed by atoms with Crippen LogP contribution < -0.4 is 14.2 Å². The predicted octanol–water partition coefficient (Wildman–Crippen LogP) is 3.89. The highest BCUT2D eigenvalue weighted by atomic mass is 16.5. The molecule has 0 radical (unpaired) electrons. The van der Waals surface area contributed by atoms with E-state index in [2.05, 4.69) is 22.1 Å². The maximum Gasteiger partial charge on any atom is 0.203 e. The Morgan fingerprint density at radius 2 is 1.68 bits per heavy atom. The van der Waals surface area contributed by atoms with Crippen LogP contribution in [-0.4, -0.2) is 31.3 Å². The second kappa shape index (κ2) is 7.75. The quantitative estimate of drug-likeness (QED) is 0.710. The number of methoxy groups -OCH3 is 3. The fraction of sp³-hybridized carbons (Fsp3) is 0.250. The fourth-order valence-electron chi connectivity index (χ4n) is 3.01. The van der Waals surface area contributed by atoms with Gasteiger partial charge in [0.1, 0.15) is 5.82 Å². The summed E-state index contributed by atoms with van der Waals surface area (Å²) in [4.78, 5) is 7.46. The Morgan fingerprint density at radius 3 is 2.28 bits per heavy atom. The number of benzene rings is 2. The van der Waals surface area contributed by atoms with Crippen molar-refractivity contribution in [3.05, 3.63) is 60.2 Å². The molecule has 25 heavy (non-hydrogen) atoms. The highest BCUT2D eigenvalue weighted by Gasteiger charge is 2.21. The molecule has 0 unspecified atom stereocenters. The number of aryl methyl sites for hydroxylation is 2. The molecule has 130 valence electrons. The molecule has 3 aromatic rings. The van der Waals surface area contributed by atoms with Crippen molar-refractivity contribution in [2.45, 2.75) is 12.8 Å². The van der Waals surface area contributed by atoms with Crippen molar-refractivity contribution in [3.63, 3.8) is 0 Å². The molecule has 5 nitrogen and oxygen atoms in total. The van der Waals surface area contributed by atoms with Gasteiger partial charge in [-0.25, -0.2) is 4.98 Å². The molecule has 0 bridgehead atoms. The first-order chi connectivity index (χ1) is 12.3. The van der Waals surface area contributed by atoms with Gasteiger partial charge in [0.25, 0.3) is 0 Å². The van der Waals surface area contributed by atoms with E-state index >= 15 is 0 Å². The van der Waals surface area contributed by atoms with E-state index in [9.17, 15) is 0 Å². The summed E-state index contributed by atoms with van der Waals surface area (Å²) in [6.45, 7) is 0. The van der Waals surface area contributed by atoms with E-state index in [0.717, 1.165) is 35.4 Å². The number of hydrogen-bond acceptors (Lipinski definition) is 4. The van der Waals surface area contributed by atoms with Crippen molar-refractivity contribution >= 4 is 0 Å². The Balaban J connectivity index is 2.13. The summed E-state index contributed by atoms with van der Waals surface area (Å²) in [6.07, 6.45) is 5.20. The van der Waals surface area contributed by atoms with Crippen LogP contribution in [0.2, 0.25) is 0 Å². The lowest BCUT2D eigenvalue weighted by atomic mass is 9.94. The summed E-state index contributed by atoms with van der Waals surface area (Å²) in [5, 5.41) is 0. The van der Waals surface area contributed by atoms with E-state index in [4.69, 9.17) is 14.2 Å². The van der Waals surface area contributed by atoms with E-state index < -0.39 is 0 Å². The molecular formula is C20H22N2O3. The molecule has 1 N–H and O–H groups in total. The van der Waals surface area contributed by atoms with Gasteiger partial charge >= 0.3 is 0 Å². The molecule has 1 aromatic heterocycles. The van der Waals surface area contributed by atoms with Crippen molar-refractivity contribution in [1.82, 2.24) is 9.97 Å². The summed E-state index contributed by atoms with van der Waals surface area (Å²) in [5.74, 6) is 2.90. The molecule has 0 spiro atoms. The van der Waals surface area contributed by atoms with Crippen molar-refractivity contribution in [3.8, 4) is 28.4 Å². The van der Waals surface area contributed by atoms with Gasteiger partial charge in [0, 0.05) is 24.4 Å². The zero-order chi connectivity index (χ0) is 17.6. The van der Waals surface area contributed by atoms with Crippen LogP contribution in [0.3, 0.4) is 0 Å².